The summed E-state index contributed by atoms with van der Waals surface area (Å²) in [4.78, 5) is 11.4. The van der Waals surface area contributed by atoms with E-state index in [-0.39, 0.29) is 5.78 Å². The predicted octanol–water partition coefficient (Wildman–Crippen LogP) is 1.51. The second-order valence-corrected chi connectivity index (χ2v) is 3.77. The van der Waals surface area contributed by atoms with E-state index in [0.717, 1.165) is 0 Å². The predicted molar refractivity (Wildman–Crippen MR) is 69.0 cm³/mol. The lowest BCUT2D eigenvalue weighted by molar-refractivity contribution is 0.0542. The van der Waals surface area contributed by atoms with E-state index in [1.165, 1.54) is 6.92 Å². The molecule has 0 aliphatic carbocycles. The maximum atomic E-state index is 11.4. The van der Waals surface area contributed by atoms with Crippen LogP contribution in [-0.2, 0) is 9.47 Å². The number of rotatable bonds is 8. The summed E-state index contributed by atoms with van der Waals surface area (Å²) in [6.07, 6.45) is 0. The van der Waals surface area contributed by atoms with Crippen LogP contribution in [0.15, 0.2) is 18.2 Å². The molecule has 0 aliphatic rings. The average Bonchev–Trinajstić information content (AvgIpc) is 2.35. The molecule has 5 nitrogen and oxygen atoms in total. The Balaban J connectivity index is 2.44. The Morgan fingerprint density at radius 2 is 1.94 bits per heavy atom. The Kier molecular flexibility index (Phi) is 6.18. The third-order valence-corrected chi connectivity index (χ3v) is 2.30. The van der Waals surface area contributed by atoms with Crippen molar-refractivity contribution in [3.63, 3.8) is 0 Å². The van der Waals surface area contributed by atoms with Crippen molar-refractivity contribution in [3.05, 3.63) is 23.8 Å². The fourth-order valence-electron chi connectivity index (χ4n) is 1.40. The van der Waals surface area contributed by atoms with E-state index in [1.54, 1.807) is 25.3 Å². The number of methoxy groups -OCH3 is 1. The molecule has 1 rings (SSSR count). The maximum Gasteiger partial charge on any atom is 0.163 e. The third kappa shape index (κ3) is 4.73. The molecule has 0 spiro atoms. The van der Waals surface area contributed by atoms with E-state index < -0.39 is 0 Å². The molecule has 0 amide bonds. The highest BCUT2D eigenvalue weighted by atomic mass is 16.5. The van der Waals surface area contributed by atoms with Crippen molar-refractivity contribution in [2.75, 3.05) is 39.3 Å². The summed E-state index contributed by atoms with van der Waals surface area (Å²) in [7, 11) is 1.62. The molecule has 0 saturated carbocycles. The van der Waals surface area contributed by atoms with Gasteiger partial charge < -0.3 is 19.9 Å². The number of hydrogen-bond acceptors (Lipinski definition) is 5. The van der Waals surface area contributed by atoms with Gasteiger partial charge in [0, 0.05) is 12.8 Å². The molecular weight excluding hydrogens is 234 g/mol. The molecule has 0 fully saturated rings. The maximum absolute atomic E-state index is 11.4. The van der Waals surface area contributed by atoms with Gasteiger partial charge in [-0.05, 0) is 25.1 Å². The number of Topliss-reactive ketones (excluding diaryl/α,β-unsaturated/α-hetero) is 1. The molecule has 100 valence electrons. The Morgan fingerprint density at radius 3 is 2.61 bits per heavy atom. The van der Waals surface area contributed by atoms with Crippen LogP contribution in [0, 0.1) is 0 Å². The fraction of sp³-hybridized carbons (Fsp3) is 0.462. The number of carbonyl (C=O) groups excluding carboxylic acids is 1. The SMILES string of the molecule is COCCOCCOc1ccc(N)cc1C(C)=O. The van der Waals surface area contributed by atoms with Crippen molar-refractivity contribution < 1.29 is 19.0 Å². The molecule has 0 unspecified atom stereocenters. The molecule has 0 atom stereocenters. The number of hydrogen-bond donors (Lipinski definition) is 1. The Bertz CT molecular complexity index is 393. The van der Waals surface area contributed by atoms with Gasteiger partial charge in [0.05, 0.1) is 25.4 Å². The van der Waals surface area contributed by atoms with Crippen LogP contribution in [0.5, 0.6) is 5.75 Å². The average molecular weight is 253 g/mol. The van der Waals surface area contributed by atoms with Crippen LogP contribution in [0.2, 0.25) is 0 Å². The van der Waals surface area contributed by atoms with Crippen molar-refractivity contribution in [2.45, 2.75) is 6.92 Å². The first-order chi connectivity index (χ1) is 8.65. The summed E-state index contributed by atoms with van der Waals surface area (Å²) in [5, 5.41) is 0. The van der Waals surface area contributed by atoms with Gasteiger partial charge in [-0.1, -0.05) is 0 Å². The first kappa shape index (κ1) is 14.5. The second-order valence-electron chi connectivity index (χ2n) is 3.77. The van der Waals surface area contributed by atoms with Crippen LogP contribution in [-0.4, -0.2) is 39.3 Å². The molecule has 0 saturated heterocycles. The highest BCUT2D eigenvalue weighted by molar-refractivity contribution is 5.97. The second kappa shape index (κ2) is 7.68. The standard InChI is InChI=1S/C13H19NO4/c1-10(15)12-9-11(14)3-4-13(12)18-8-7-17-6-5-16-2/h3-4,9H,5-8,14H2,1-2H3. The monoisotopic (exact) mass is 253 g/mol. The van der Waals surface area contributed by atoms with Crippen molar-refractivity contribution in [2.24, 2.45) is 0 Å². The Morgan fingerprint density at radius 1 is 1.22 bits per heavy atom. The van der Waals surface area contributed by atoms with Gasteiger partial charge in [0.1, 0.15) is 12.4 Å². The van der Waals surface area contributed by atoms with Gasteiger partial charge in [-0.15, -0.1) is 0 Å². The zero-order valence-corrected chi connectivity index (χ0v) is 10.8. The number of benzene rings is 1. The van der Waals surface area contributed by atoms with Crippen LogP contribution >= 0.6 is 0 Å². The fourth-order valence-corrected chi connectivity index (χ4v) is 1.40. The van der Waals surface area contributed by atoms with Gasteiger partial charge in [-0.2, -0.15) is 0 Å². The third-order valence-electron chi connectivity index (χ3n) is 2.30. The van der Waals surface area contributed by atoms with Crippen molar-refractivity contribution in [1.29, 1.82) is 0 Å². The lowest BCUT2D eigenvalue weighted by Crippen LogP contribution is -2.11. The van der Waals surface area contributed by atoms with Crippen LogP contribution in [0.1, 0.15) is 17.3 Å². The molecule has 0 aromatic heterocycles. The molecule has 0 aliphatic heterocycles. The van der Waals surface area contributed by atoms with Gasteiger partial charge in [-0.25, -0.2) is 0 Å². The minimum atomic E-state index is -0.0717. The van der Waals surface area contributed by atoms with Crippen molar-refractivity contribution >= 4 is 11.5 Å². The first-order valence-corrected chi connectivity index (χ1v) is 5.75. The van der Waals surface area contributed by atoms with E-state index in [4.69, 9.17) is 19.9 Å². The van der Waals surface area contributed by atoms with E-state index in [9.17, 15) is 4.79 Å². The summed E-state index contributed by atoms with van der Waals surface area (Å²) in [5.74, 6) is 0.463. The zero-order valence-electron chi connectivity index (χ0n) is 10.8. The normalized spacial score (nSPS) is 10.3. The van der Waals surface area contributed by atoms with E-state index >= 15 is 0 Å². The molecule has 0 bridgehead atoms. The Hall–Kier alpha value is -1.59. The van der Waals surface area contributed by atoms with E-state index in [1.807, 2.05) is 0 Å². The number of anilines is 1. The molecule has 1 aromatic carbocycles. The molecule has 5 heteroatoms. The van der Waals surface area contributed by atoms with Crippen LogP contribution in [0.25, 0.3) is 0 Å². The van der Waals surface area contributed by atoms with Crippen molar-refractivity contribution in [1.82, 2.24) is 0 Å². The van der Waals surface area contributed by atoms with Crippen LogP contribution in [0.4, 0.5) is 5.69 Å². The van der Waals surface area contributed by atoms with Gasteiger partial charge in [0.15, 0.2) is 5.78 Å². The van der Waals surface area contributed by atoms with E-state index in [2.05, 4.69) is 0 Å². The molecule has 18 heavy (non-hydrogen) atoms. The molecular formula is C13H19NO4. The molecule has 0 radical (unpaired) electrons. The summed E-state index contributed by atoms with van der Waals surface area (Å²) in [5.41, 5.74) is 6.67. The van der Waals surface area contributed by atoms with Crippen molar-refractivity contribution in [3.8, 4) is 5.75 Å². The first-order valence-electron chi connectivity index (χ1n) is 5.75. The van der Waals surface area contributed by atoms with E-state index in [0.29, 0.717) is 43.4 Å². The summed E-state index contributed by atoms with van der Waals surface area (Å²) >= 11 is 0. The largest absolute Gasteiger partial charge is 0.490 e. The van der Waals surface area contributed by atoms with Gasteiger partial charge in [0.2, 0.25) is 0 Å². The lowest BCUT2D eigenvalue weighted by Gasteiger charge is -2.10. The highest BCUT2D eigenvalue weighted by Crippen LogP contribution is 2.21. The number of carbonyl (C=O) groups is 1. The number of nitrogens with two attached hydrogens (primary N) is 1. The molecule has 1 aromatic rings. The number of ketones is 1. The highest BCUT2D eigenvalue weighted by Gasteiger charge is 2.08. The topological polar surface area (TPSA) is 70.8 Å². The minimum absolute atomic E-state index is 0.0717. The zero-order chi connectivity index (χ0) is 13.4. The Labute approximate surface area is 107 Å². The smallest absolute Gasteiger partial charge is 0.163 e. The van der Waals surface area contributed by atoms with Gasteiger partial charge in [-0.3, -0.25) is 4.79 Å². The molecule has 0 heterocycles. The molecule has 2 N–H and O–H groups in total. The number of ether oxygens (including phenoxy) is 3. The lowest BCUT2D eigenvalue weighted by atomic mass is 10.1. The van der Waals surface area contributed by atoms with Crippen LogP contribution in [0.3, 0.4) is 0 Å². The van der Waals surface area contributed by atoms with Crippen LogP contribution < -0.4 is 10.5 Å². The van der Waals surface area contributed by atoms with Gasteiger partial charge in [0.25, 0.3) is 0 Å². The summed E-state index contributed by atoms with van der Waals surface area (Å²) in [6, 6.07) is 5.01. The van der Waals surface area contributed by atoms with Gasteiger partial charge >= 0.3 is 0 Å². The quantitative estimate of drug-likeness (QED) is 0.432. The summed E-state index contributed by atoms with van der Waals surface area (Å²) < 4.78 is 15.6. The summed E-state index contributed by atoms with van der Waals surface area (Å²) in [6.45, 7) is 3.40. The number of nitrogen functional groups attached to an aromatic ring is 1. The minimum Gasteiger partial charge on any atom is -0.490 e.